The Kier molecular flexibility index (Phi) is 37.2. The van der Waals surface area contributed by atoms with E-state index in [2.05, 4.69) is 84.2 Å². The fraction of sp³-hybridized carbons (Fsp3) is 0.796. The van der Waals surface area contributed by atoms with Crippen LogP contribution >= 0.6 is 0 Å². The summed E-state index contributed by atoms with van der Waals surface area (Å²) in [4.78, 5) is 241. The van der Waals surface area contributed by atoms with Gasteiger partial charge in [-0.05, 0) is 141 Å². The Morgan fingerprint density at radius 3 is 0.993 bits per heavy atom. The first-order valence-corrected chi connectivity index (χ1v) is 48.8. The minimum absolute atomic E-state index is 0.0579. The van der Waals surface area contributed by atoms with Gasteiger partial charge in [0, 0.05) is 53.4 Å². The number of likely N-dealkylation sites (tertiary alicyclic amines) is 3. The van der Waals surface area contributed by atoms with Crippen LogP contribution in [-0.2, 0) is 71.7 Å². The monoisotopic (exact) mass is 1930 g/mol. The van der Waals surface area contributed by atoms with Crippen molar-refractivity contribution in [2.45, 2.75) is 323 Å². The van der Waals surface area contributed by atoms with E-state index in [1.807, 2.05) is 159 Å². The number of piperidine rings is 3. The molecule has 0 aromatic rings. The summed E-state index contributed by atoms with van der Waals surface area (Å²) >= 11 is 0. The van der Waals surface area contributed by atoms with E-state index >= 15 is 0 Å². The molecule has 3 unspecified atom stereocenters. The standard InChI is InChI=1S/C35H58N6O7.C32H54N6O7.C31H52N6O7/c1-11-13-22(26(42)29(44)36-16-12-2)38-28(43)25-24-21(35(24,9)10)18-41(25)30(45)27(34(6,7)8)40-31(46)39-23(33(3,4)5)19-48-32(47)37-17-20-14-15-20;1-30(2,3)20(16-45-29(44)37(9)10)35-28(43)36-24(31(4,5)6)27(42)38-15-18-21(32(18,7)8)22(38)26(41)34-19(23(39)25(33)40)14-17-12-11-13-17;1-10-33-28(43)44-15-19(29(2,3)4)35-27(42)36-23(30(5,6)7)26(41)37-14-17-20(31(17,8)9)21(37)25(40)34-18(13-16-11-12-16)22(38)24(32)39/h12,20-25,27H,2,11,13-19H2,1,3-10H3,(H,36,44)(H,37,47)(H,38,43)(H2,39,40,46);17-22,24H,11-16H2,1-10H3,(H2,33,40)(H,34,41)(H2,35,36,43);16-21,23H,10-15H2,1-9H3,(H2,32,39)(H,33,43)(H,34,40)(H2,35,36,42)/t21-,22?,23+,24-,25-,27+;18-,19?,20+,21-,22-,24+;17-,18?,19+,20-,21-,23+/m000/s1. The fourth-order valence-corrected chi connectivity index (χ4v) is 19.1. The third kappa shape index (κ3) is 29.8. The van der Waals surface area contributed by atoms with Crippen LogP contribution in [0.25, 0.3) is 0 Å². The number of primary amides is 2. The van der Waals surface area contributed by atoms with E-state index in [9.17, 15) is 86.3 Å². The molecule has 0 bridgehead atoms. The molecule has 3 aliphatic heterocycles. The van der Waals surface area contributed by atoms with Gasteiger partial charge >= 0.3 is 36.4 Å². The van der Waals surface area contributed by atoms with Gasteiger partial charge in [-0.15, -0.1) is 6.58 Å². The SMILES string of the molecule is C=CCNC(=O)C(=O)C(CCC)NC(=O)[C@@H]1[C@@H]2[C@H](CN1C(=O)[C@@H](NC(=O)N[C@H](COC(=O)NCC1CC1)C(C)(C)C)C(C)(C)C)C2(C)C.CCNC(=O)OC[C@@H](NC(=O)N[C@H](C(=O)N1C[C@H]2[C@@H]([C@H]1C(=O)NC(CC1CC1)C(=O)C(N)=O)C2(C)C)C(C)(C)C)C(C)(C)C.CN(C)C(=O)OC[C@@H](NC(=O)N[C@H](C(=O)N1C[C@H]2[C@@H]([C@H]1C(=O)NC(CC1CCC1)C(=O)C(N)=O)C2(C)C)C(C)(C)C)C(C)(C)C. The summed E-state index contributed by atoms with van der Waals surface area (Å²) in [6.45, 7) is 54.9. The average molecular weight is 1930 g/mol. The lowest BCUT2D eigenvalue weighted by Crippen LogP contribution is -2.62. The number of nitrogens with zero attached hydrogens (tertiary/aromatic N) is 4. The van der Waals surface area contributed by atoms with Crippen LogP contribution in [0.3, 0.4) is 0 Å². The molecule has 772 valence electrons. The molecular weight excluding hydrogens is 1770 g/mol. The van der Waals surface area contributed by atoms with Gasteiger partial charge in [-0.25, -0.2) is 28.8 Å². The van der Waals surface area contributed by atoms with Crippen LogP contribution in [0, 0.1) is 102 Å². The molecule has 0 aromatic heterocycles. The zero-order chi connectivity index (χ0) is 104. The van der Waals surface area contributed by atoms with Gasteiger partial charge in [0.25, 0.3) is 17.7 Å². The Hall–Kier alpha value is -10.4. The van der Waals surface area contributed by atoms with Crippen molar-refractivity contribution in [2.75, 3.05) is 73.2 Å². The highest BCUT2D eigenvalue weighted by Crippen LogP contribution is 2.67. The van der Waals surface area contributed by atoms with Crippen molar-refractivity contribution in [3.8, 4) is 0 Å². The Labute approximate surface area is 809 Å². The van der Waals surface area contributed by atoms with Gasteiger partial charge in [-0.2, -0.15) is 0 Å². The van der Waals surface area contributed by atoms with Crippen LogP contribution in [0.5, 0.6) is 0 Å². The molecule has 6 aliphatic carbocycles. The molecule has 0 radical (unpaired) electrons. The maximum Gasteiger partial charge on any atom is 0.409 e. The summed E-state index contributed by atoms with van der Waals surface area (Å²) in [5.74, 6) is -7.41. The van der Waals surface area contributed by atoms with Crippen LogP contribution in [-0.4, -0.2) is 272 Å². The number of carbonyl (C=O) groups excluding carboxylic acids is 18. The molecule has 6 saturated carbocycles. The second-order valence-corrected chi connectivity index (χ2v) is 47.7. The highest BCUT2D eigenvalue weighted by molar-refractivity contribution is 6.39. The summed E-state index contributed by atoms with van der Waals surface area (Å²) in [5, 5.41) is 33.2. The quantitative estimate of drug-likeness (QED) is 0.0176. The van der Waals surface area contributed by atoms with E-state index < -0.39 is 212 Å². The highest BCUT2D eigenvalue weighted by atomic mass is 16.6. The first kappa shape index (κ1) is 114. The molecule has 39 nitrogen and oxygen atoms in total. The third-order valence-corrected chi connectivity index (χ3v) is 29.2. The van der Waals surface area contributed by atoms with E-state index in [-0.39, 0.29) is 96.4 Å². The Balaban J connectivity index is 0.000000280. The second kappa shape index (κ2) is 44.8. The number of fused-ring (bicyclic) bond motifs is 3. The number of nitrogens with two attached hydrogens (primary N) is 2. The first-order chi connectivity index (χ1) is 63.0. The average Bonchev–Trinajstić information content (AvgIpc) is 1.53. The van der Waals surface area contributed by atoms with Crippen molar-refractivity contribution in [3.63, 3.8) is 0 Å². The lowest BCUT2D eigenvalue weighted by Gasteiger charge is -2.39. The molecule has 137 heavy (non-hydrogen) atoms. The van der Waals surface area contributed by atoms with Crippen molar-refractivity contribution >= 4 is 107 Å². The lowest BCUT2D eigenvalue weighted by atomic mass is 9.80. The van der Waals surface area contributed by atoms with E-state index in [0.717, 1.165) is 44.9 Å². The number of hydrogen-bond acceptors (Lipinski definition) is 21. The summed E-state index contributed by atoms with van der Waals surface area (Å²) < 4.78 is 16.0. The molecule has 3 saturated heterocycles. The van der Waals surface area contributed by atoms with E-state index in [4.69, 9.17) is 25.7 Å². The predicted octanol–water partition coefficient (Wildman–Crippen LogP) is 6.60. The number of alkyl carbamates (subject to hydrolysis) is 2. The van der Waals surface area contributed by atoms with Crippen molar-refractivity contribution < 1.29 is 101 Å². The summed E-state index contributed by atoms with van der Waals surface area (Å²) in [7, 11) is 3.13. The van der Waals surface area contributed by atoms with E-state index in [0.29, 0.717) is 57.9 Å². The number of hydrogen-bond donors (Lipinski definition) is 14. The molecule has 0 aromatic carbocycles. The molecule has 39 heteroatoms. The number of amides is 18. The van der Waals surface area contributed by atoms with Gasteiger partial charge in [0.15, 0.2) is 0 Å². The predicted molar refractivity (Wildman–Crippen MR) is 512 cm³/mol. The molecule has 9 aliphatic rings. The van der Waals surface area contributed by atoms with Crippen LogP contribution in [0.4, 0.5) is 28.8 Å². The molecule has 3 heterocycles. The smallest absolute Gasteiger partial charge is 0.409 e. The number of ether oxygens (including phenoxy) is 3. The minimum Gasteiger partial charge on any atom is -0.447 e. The van der Waals surface area contributed by atoms with Crippen LogP contribution in [0.2, 0.25) is 0 Å². The molecule has 9 rings (SSSR count). The third-order valence-electron chi connectivity index (χ3n) is 29.2. The normalized spacial score (nSPS) is 23.8. The topological polar surface area (TPSA) is 544 Å². The van der Waals surface area contributed by atoms with Crippen LogP contribution < -0.4 is 75.3 Å². The maximum atomic E-state index is 14.3. The number of rotatable bonds is 38. The zero-order valence-corrected chi connectivity index (χ0v) is 86.6. The van der Waals surface area contributed by atoms with Crippen LogP contribution in [0.15, 0.2) is 12.7 Å². The molecule has 18 amide bonds. The molecular formula is C98H164N18O21. The number of carbonyl (C=O) groups is 18. The maximum absolute atomic E-state index is 14.3. The lowest BCUT2D eigenvalue weighted by molar-refractivity contribution is -0.145. The van der Waals surface area contributed by atoms with Gasteiger partial charge in [-0.1, -0.05) is 218 Å². The van der Waals surface area contributed by atoms with E-state index in [1.165, 1.54) is 25.7 Å². The van der Waals surface area contributed by atoms with Crippen molar-refractivity contribution in [2.24, 2.45) is 113 Å². The number of ketones is 3. The molecule has 16 N–H and O–H groups in total. The van der Waals surface area contributed by atoms with Gasteiger partial charge in [0.1, 0.15) is 56.1 Å². The van der Waals surface area contributed by atoms with Crippen molar-refractivity contribution in [1.82, 2.24) is 83.4 Å². The van der Waals surface area contributed by atoms with Crippen LogP contribution in [0.1, 0.15) is 251 Å². The molecule has 18 atom stereocenters. The Bertz CT molecular complexity index is 4460. The summed E-state index contributed by atoms with van der Waals surface area (Å²) in [5.41, 5.74) is 6.38. The molecule has 9 fully saturated rings. The first-order valence-electron chi connectivity index (χ1n) is 48.8. The van der Waals surface area contributed by atoms with Crippen molar-refractivity contribution in [3.05, 3.63) is 12.7 Å². The second-order valence-electron chi connectivity index (χ2n) is 47.7. The Morgan fingerprint density at radius 2 is 0.723 bits per heavy atom. The van der Waals surface area contributed by atoms with Crippen molar-refractivity contribution in [1.29, 1.82) is 0 Å². The van der Waals surface area contributed by atoms with Gasteiger partial charge < -0.3 is 109 Å². The largest absolute Gasteiger partial charge is 0.447 e. The summed E-state index contributed by atoms with van der Waals surface area (Å²) in [6.07, 6.45) is 8.14. The number of Topliss-reactive ketones (excluding diaryl/α,β-unsaturated/α-hetero) is 3. The van der Waals surface area contributed by atoms with E-state index in [1.54, 1.807) is 21.0 Å². The Morgan fingerprint density at radius 1 is 0.409 bits per heavy atom. The van der Waals surface area contributed by atoms with Gasteiger partial charge in [0.2, 0.25) is 52.8 Å². The summed E-state index contributed by atoms with van der Waals surface area (Å²) in [6, 6.07) is -12.3. The number of nitrogens with one attached hydrogen (secondary N) is 12. The zero-order valence-electron chi connectivity index (χ0n) is 86.6. The minimum atomic E-state index is -1.10. The highest BCUT2D eigenvalue weighted by Gasteiger charge is 2.73. The number of urea groups is 3. The fourth-order valence-electron chi connectivity index (χ4n) is 19.1. The molecule has 0 spiro atoms. The van der Waals surface area contributed by atoms with Gasteiger partial charge in [-0.3, -0.25) is 57.5 Å². The van der Waals surface area contributed by atoms with Gasteiger partial charge in [0.05, 0.1) is 36.3 Å².